The Morgan fingerprint density at radius 2 is 2.06 bits per heavy atom. The second-order valence-electron chi connectivity index (χ2n) is 5.56. The molecule has 0 fully saturated rings. The van der Waals surface area contributed by atoms with E-state index < -0.39 is 0 Å². The number of rotatable bonds is 5. The maximum absolute atomic E-state index is 13.7. The maximum Gasteiger partial charge on any atom is 0.135 e. The van der Waals surface area contributed by atoms with Crippen LogP contribution in [0, 0.1) is 17.2 Å². The average molecular weight is 268 g/mol. The highest BCUT2D eigenvalue weighted by atomic mass is 32.1. The lowest BCUT2D eigenvalue weighted by Gasteiger charge is -2.29. The predicted octanol–water partition coefficient (Wildman–Crippen LogP) is 3.55. The van der Waals surface area contributed by atoms with Gasteiger partial charge in [-0.1, -0.05) is 39.9 Å². The van der Waals surface area contributed by atoms with Gasteiger partial charge in [-0.2, -0.15) is 0 Å². The van der Waals surface area contributed by atoms with Gasteiger partial charge in [0.25, 0.3) is 0 Å². The Morgan fingerprint density at radius 3 is 2.50 bits per heavy atom. The molecule has 0 amide bonds. The van der Waals surface area contributed by atoms with Crippen molar-refractivity contribution in [1.82, 2.24) is 0 Å². The molecular formula is C14H21FN2S. The van der Waals surface area contributed by atoms with Crippen LogP contribution in [0.2, 0.25) is 0 Å². The first-order valence-corrected chi connectivity index (χ1v) is 6.48. The maximum atomic E-state index is 13.7. The summed E-state index contributed by atoms with van der Waals surface area (Å²) in [5.74, 6) is 0.167. The highest BCUT2D eigenvalue weighted by Gasteiger charge is 2.21. The van der Waals surface area contributed by atoms with E-state index in [0.29, 0.717) is 11.5 Å². The molecule has 0 aliphatic rings. The Kier molecular flexibility index (Phi) is 4.68. The molecule has 0 aliphatic heterocycles. The number of nitrogens with two attached hydrogens (primary N) is 1. The van der Waals surface area contributed by atoms with E-state index in [-0.39, 0.29) is 16.2 Å². The Bertz CT molecular complexity index is 441. The monoisotopic (exact) mass is 268 g/mol. The van der Waals surface area contributed by atoms with E-state index in [2.05, 4.69) is 33.0 Å². The van der Waals surface area contributed by atoms with Crippen LogP contribution in [0.25, 0.3) is 0 Å². The molecule has 1 rings (SSSR count). The second-order valence-corrected chi connectivity index (χ2v) is 6.00. The molecule has 0 atom stereocenters. The van der Waals surface area contributed by atoms with Gasteiger partial charge in [0.2, 0.25) is 0 Å². The molecule has 100 valence electrons. The molecule has 2 nitrogen and oxygen atoms in total. The summed E-state index contributed by atoms with van der Waals surface area (Å²) in [4.78, 5) is 0.0848. The van der Waals surface area contributed by atoms with Gasteiger partial charge in [-0.3, -0.25) is 0 Å². The minimum atomic E-state index is -0.380. The molecule has 18 heavy (non-hydrogen) atoms. The van der Waals surface area contributed by atoms with E-state index in [1.165, 1.54) is 6.07 Å². The summed E-state index contributed by atoms with van der Waals surface area (Å²) in [5.41, 5.74) is 6.61. The largest absolute Gasteiger partial charge is 0.389 e. The minimum Gasteiger partial charge on any atom is -0.389 e. The molecule has 0 heterocycles. The molecule has 0 aromatic heterocycles. The Hall–Kier alpha value is -1.16. The highest BCUT2D eigenvalue weighted by molar-refractivity contribution is 7.80. The summed E-state index contributed by atoms with van der Waals surface area (Å²) in [6.45, 7) is 9.52. The van der Waals surface area contributed by atoms with Crippen LogP contribution in [-0.2, 0) is 0 Å². The summed E-state index contributed by atoms with van der Waals surface area (Å²) in [5, 5.41) is 3.25. The summed E-state index contributed by atoms with van der Waals surface area (Å²) in [6.07, 6.45) is 0. The molecule has 4 heteroatoms. The number of thiocarbonyl (C=S) groups is 1. The van der Waals surface area contributed by atoms with Gasteiger partial charge in [-0.15, -0.1) is 0 Å². The number of hydrogen-bond donors (Lipinski definition) is 2. The molecule has 1 aromatic carbocycles. The fraction of sp³-hybridized carbons (Fsp3) is 0.500. The lowest BCUT2D eigenvalue weighted by atomic mass is 9.81. The topological polar surface area (TPSA) is 38.0 Å². The van der Waals surface area contributed by atoms with E-state index in [9.17, 15) is 4.39 Å². The van der Waals surface area contributed by atoms with Crippen LogP contribution in [0.4, 0.5) is 10.1 Å². The molecular weight excluding hydrogens is 247 g/mol. The van der Waals surface area contributed by atoms with Crippen molar-refractivity contribution in [2.75, 3.05) is 11.9 Å². The molecule has 0 saturated heterocycles. The Morgan fingerprint density at radius 1 is 1.44 bits per heavy atom. The third kappa shape index (κ3) is 3.67. The van der Waals surface area contributed by atoms with E-state index in [4.69, 9.17) is 18.0 Å². The summed E-state index contributed by atoms with van der Waals surface area (Å²) in [6, 6.07) is 4.85. The van der Waals surface area contributed by atoms with Gasteiger partial charge in [0.1, 0.15) is 10.8 Å². The number of anilines is 1. The van der Waals surface area contributed by atoms with Crippen molar-refractivity contribution in [2.24, 2.45) is 17.1 Å². The van der Waals surface area contributed by atoms with Crippen molar-refractivity contribution < 1.29 is 4.39 Å². The van der Waals surface area contributed by atoms with E-state index in [1.807, 2.05) is 0 Å². The summed E-state index contributed by atoms with van der Waals surface area (Å²) < 4.78 is 13.7. The molecule has 0 aliphatic carbocycles. The molecule has 0 saturated carbocycles. The number of hydrogen-bond acceptors (Lipinski definition) is 2. The highest BCUT2D eigenvalue weighted by Crippen LogP contribution is 2.26. The van der Waals surface area contributed by atoms with Crippen LogP contribution in [0.1, 0.15) is 33.3 Å². The molecule has 0 unspecified atom stereocenters. The Balaban J connectivity index is 2.76. The Labute approximate surface area is 114 Å². The smallest absolute Gasteiger partial charge is 0.135 e. The first-order valence-electron chi connectivity index (χ1n) is 6.07. The van der Waals surface area contributed by atoms with E-state index in [1.54, 1.807) is 12.1 Å². The number of nitrogens with one attached hydrogen (secondary N) is 1. The predicted molar refractivity (Wildman–Crippen MR) is 79.4 cm³/mol. The first-order chi connectivity index (χ1) is 8.24. The van der Waals surface area contributed by atoms with Crippen molar-refractivity contribution in [2.45, 2.75) is 27.7 Å². The fourth-order valence-corrected chi connectivity index (χ4v) is 1.52. The van der Waals surface area contributed by atoms with Crippen LogP contribution in [-0.4, -0.2) is 11.5 Å². The first kappa shape index (κ1) is 14.9. The van der Waals surface area contributed by atoms with Gasteiger partial charge in [0.05, 0.1) is 0 Å². The van der Waals surface area contributed by atoms with Gasteiger partial charge >= 0.3 is 0 Å². The SMILES string of the molecule is CC(C)C(C)(C)CNc1ccc(C(N)=S)c(F)c1. The lowest BCUT2D eigenvalue weighted by Crippen LogP contribution is -2.28. The van der Waals surface area contributed by atoms with Crippen LogP contribution in [0.15, 0.2) is 18.2 Å². The quantitative estimate of drug-likeness (QED) is 0.802. The lowest BCUT2D eigenvalue weighted by molar-refractivity contribution is 0.269. The van der Waals surface area contributed by atoms with Gasteiger partial charge in [-0.05, 0) is 29.5 Å². The molecule has 0 bridgehead atoms. The van der Waals surface area contributed by atoms with Crippen LogP contribution in [0.3, 0.4) is 0 Å². The van der Waals surface area contributed by atoms with Gasteiger partial charge in [0.15, 0.2) is 0 Å². The fourth-order valence-electron chi connectivity index (χ4n) is 1.36. The van der Waals surface area contributed by atoms with Crippen LogP contribution in [0.5, 0.6) is 0 Å². The van der Waals surface area contributed by atoms with E-state index in [0.717, 1.165) is 12.2 Å². The minimum absolute atomic E-state index is 0.0848. The normalized spacial score (nSPS) is 11.7. The summed E-state index contributed by atoms with van der Waals surface area (Å²) >= 11 is 4.77. The van der Waals surface area contributed by atoms with Crippen LogP contribution >= 0.6 is 12.2 Å². The van der Waals surface area contributed by atoms with Crippen molar-refractivity contribution in [3.05, 3.63) is 29.6 Å². The van der Waals surface area contributed by atoms with Gasteiger partial charge in [0, 0.05) is 17.8 Å². The molecule has 1 aromatic rings. The number of halogens is 1. The third-order valence-corrected chi connectivity index (χ3v) is 3.77. The zero-order chi connectivity index (χ0) is 13.9. The molecule has 0 radical (unpaired) electrons. The van der Waals surface area contributed by atoms with Crippen molar-refractivity contribution >= 4 is 22.9 Å². The summed E-state index contributed by atoms with van der Waals surface area (Å²) in [7, 11) is 0. The number of benzene rings is 1. The van der Waals surface area contributed by atoms with Gasteiger partial charge < -0.3 is 11.1 Å². The van der Waals surface area contributed by atoms with Crippen molar-refractivity contribution in [3.63, 3.8) is 0 Å². The third-order valence-electron chi connectivity index (χ3n) is 3.55. The van der Waals surface area contributed by atoms with Crippen LogP contribution < -0.4 is 11.1 Å². The molecule has 3 N–H and O–H groups in total. The molecule has 0 spiro atoms. The zero-order valence-corrected chi connectivity index (χ0v) is 12.2. The second kappa shape index (κ2) is 5.65. The van der Waals surface area contributed by atoms with E-state index >= 15 is 0 Å². The van der Waals surface area contributed by atoms with Crippen molar-refractivity contribution in [1.29, 1.82) is 0 Å². The van der Waals surface area contributed by atoms with Gasteiger partial charge in [-0.25, -0.2) is 4.39 Å². The standard InChI is InChI=1S/C14H21FN2S/c1-9(2)14(3,4)8-17-10-5-6-11(13(16)18)12(15)7-10/h5-7,9,17H,8H2,1-4H3,(H2,16,18). The zero-order valence-electron chi connectivity index (χ0n) is 11.4. The van der Waals surface area contributed by atoms with Crippen molar-refractivity contribution in [3.8, 4) is 0 Å². The average Bonchev–Trinajstić information content (AvgIpc) is 2.25.